The fourth-order valence-corrected chi connectivity index (χ4v) is 10.9. The van der Waals surface area contributed by atoms with Gasteiger partial charge in [-0.25, -0.2) is 14.7 Å². The summed E-state index contributed by atoms with van der Waals surface area (Å²) in [7, 11) is 0. The average molecular weight is 1110 g/mol. The second-order valence-corrected chi connectivity index (χ2v) is 22.1. The summed E-state index contributed by atoms with van der Waals surface area (Å²) in [5.74, 6) is -0.850. The number of carbonyl (C=O) groups excluding carboxylic acids is 5. The van der Waals surface area contributed by atoms with E-state index in [1.165, 1.54) is 36.2 Å². The number of nitriles is 1. The normalized spacial score (nSPS) is 17.6. The van der Waals surface area contributed by atoms with Crippen LogP contribution >= 0.6 is 11.3 Å². The lowest BCUT2D eigenvalue weighted by Gasteiger charge is -2.35. The molecule has 3 aliphatic heterocycles. The van der Waals surface area contributed by atoms with Crippen LogP contribution in [0.15, 0.2) is 90.4 Å². The number of halogens is 3. The van der Waals surface area contributed by atoms with E-state index in [9.17, 15) is 42.4 Å². The molecule has 8 rings (SSSR count). The molecule has 4 aromatic carbocycles. The van der Waals surface area contributed by atoms with E-state index in [1.807, 2.05) is 77.9 Å². The minimum atomic E-state index is -4.88. The molecule has 418 valence electrons. The summed E-state index contributed by atoms with van der Waals surface area (Å²) in [5, 5.41) is 12.3. The van der Waals surface area contributed by atoms with Crippen LogP contribution in [-0.2, 0) is 47.9 Å². The van der Waals surface area contributed by atoms with Gasteiger partial charge in [-0.2, -0.15) is 18.4 Å². The van der Waals surface area contributed by atoms with E-state index < -0.39 is 58.6 Å². The van der Waals surface area contributed by atoms with Crippen LogP contribution in [0.4, 0.5) is 29.3 Å². The number of hydrogen-bond acceptors (Lipinski definition) is 13. The molecule has 17 nitrogen and oxygen atoms in total. The molecule has 2 saturated heterocycles. The lowest BCUT2D eigenvalue weighted by Crippen LogP contribution is -2.55. The monoisotopic (exact) mass is 1110 g/mol. The molecule has 4 heterocycles. The minimum absolute atomic E-state index is 0.0998. The van der Waals surface area contributed by atoms with E-state index in [0.717, 1.165) is 33.8 Å². The van der Waals surface area contributed by atoms with Crippen molar-refractivity contribution in [3.63, 3.8) is 0 Å². The molecule has 1 N–H and O–H groups in total. The smallest absolute Gasteiger partial charge is 0.417 e. The number of thiazole rings is 1. The fraction of sp³-hybridized carbons (Fsp3) is 0.431. The second kappa shape index (κ2) is 23.9. The number of likely N-dealkylation sites (tertiary alicyclic amines) is 1. The molecule has 6 amide bonds. The number of anilines is 2. The second-order valence-electron chi connectivity index (χ2n) is 21.3. The van der Waals surface area contributed by atoms with Gasteiger partial charge in [0.25, 0.3) is 11.8 Å². The van der Waals surface area contributed by atoms with Crippen LogP contribution in [0, 0.1) is 24.2 Å². The van der Waals surface area contributed by atoms with Gasteiger partial charge in [0.15, 0.2) is 0 Å². The van der Waals surface area contributed by atoms with Gasteiger partial charge < -0.3 is 38.8 Å². The highest BCUT2D eigenvalue weighted by atomic mass is 32.1. The largest absolute Gasteiger partial charge is 0.491 e. The number of fused-ring (bicyclic) bond motifs is 1. The Hall–Kier alpha value is -7.38. The van der Waals surface area contributed by atoms with E-state index in [1.54, 1.807) is 45.6 Å². The van der Waals surface area contributed by atoms with E-state index >= 15 is 0 Å². The number of carbonyl (C=O) groups is 5. The van der Waals surface area contributed by atoms with Crippen LogP contribution in [0.3, 0.4) is 0 Å². The number of alkyl halides is 3. The number of aromatic nitrogens is 1. The minimum Gasteiger partial charge on any atom is -0.491 e. The van der Waals surface area contributed by atoms with Crippen molar-refractivity contribution >= 4 is 52.4 Å². The highest BCUT2D eigenvalue weighted by molar-refractivity contribution is 7.13. The highest BCUT2D eigenvalue weighted by Crippen LogP contribution is 2.41. The molecule has 0 radical (unpaired) electrons. The first kappa shape index (κ1) is 57.8. The Morgan fingerprint density at radius 2 is 1.56 bits per heavy atom. The highest BCUT2D eigenvalue weighted by Gasteiger charge is 2.53. The van der Waals surface area contributed by atoms with Crippen LogP contribution in [-0.4, -0.2) is 120 Å². The predicted molar refractivity (Wildman–Crippen MR) is 288 cm³/mol. The summed E-state index contributed by atoms with van der Waals surface area (Å²) in [4.78, 5) is 80.2. The average Bonchev–Trinajstić information content (AvgIpc) is 4.30. The number of hydrogen-bond donors (Lipinski definition) is 1. The van der Waals surface area contributed by atoms with Crippen LogP contribution in [0.2, 0.25) is 0 Å². The molecular formula is C58H64F3N7O10S. The number of rotatable bonds is 21. The maximum absolute atomic E-state index is 14.7. The molecule has 79 heavy (non-hydrogen) atoms. The van der Waals surface area contributed by atoms with Gasteiger partial charge in [0.1, 0.15) is 42.3 Å². The molecule has 0 saturated carbocycles. The Morgan fingerprint density at radius 1 is 0.886 bits per heavy atom. The van der Waals surface area contributed by atoms with Gasteiger partial charge in [0.2, 0.25) is 11.8 Å². The van der Waals surface area contributed by atoms with Crippen molar-refractivity contribution < 1.29 is 60.8 Å². The van der Waals surface area contributed by atoms with Gasteiger partial charge in [-0.15, -0.1) is 11.3 Å². The van der Waals surface area contributed by atoms with Gasteiger partial charge in [-0.05, 0) is 113 Å². The molecule has 3 aliphatic rings. The van der Waals surface area contributed by atoms with Crippen molar-refractivity contribution in [3.8, 4) is 28.0 Å². The van der Waals surface area contributed by atoms with E-state index in [2.05, 4.69) is 10.3 Å². The summed E-state index contributed by atoms with van der Waals surface area (Å²) in [6.07, 6.45) is -5.01. The lowest BCUT2D eigenvalue weighted by molar-refractivity contribution is -0.143. The maximum Gasteiger partial charge on any atom is 0.417 e. The zero-order chi connectivity index (χ0) is 57.0. The van der Waals surface area contributed by atoms with Crippen LogP contribution in [0.1, 0.15) is 93.2 Å². The Kier molecular flexibility index (Phi) is 17.5. The van der Waals surface area contributed by atoms with Crippen molar-refractivity contribution in [2.75, 3.05) is 56.0 Å². The molecule has 1 unspecified atom stereocenters. The molecule has 0 spiro atoms. The molecular weight excluding hydrogens is 1040 g/mol. The van der Waals surface area contributed by atoms with Crippen LogP contribution in [0.25, 0.3) is 10.4 Å². The molecule has 1 aromatic heterocycles. The van der Waals surface area contributed by atoms with Gasteiger partial charge in [-0.3, -0.25) is 24.1 Å². The van der Waals surface area contributed by atoms with Crippen molar-refractivity contribution in [1.82, 2.24) is 20.1 Å². The predicted octanol–water partition coefficient (Wildman–Crippen LogP) is 9.33. The number of nitrogens with one attached hydrogen (secondary N) is 1. The number of imide groups is 1. The molecule has 2 fully saturated rings. The summed E-state index contributed by atoms with van der Waals surface area (Å²) < 4.78 is 71.2. The van der Waals surface area contributed by atoms with E-state index in [4.69, 9.17) is 23.7 Å². The summed E-state index contributed by atoms with van der Waals surface area (Å²) in [6, 6.07) is 21.1. The third kappa shape index (κ3) is 12.9. The number of aryl methyl sites for hydroxylation is 1. The third-order valence-electron chi connectivity index (χ3n) is 13.8. The van der Waals surface area contributed by atoms with Crippen LogP contribution < -0.4 is 24.6 Å². The molecule has 3 atom stereocenters. The van der Waals surface area contributed by atoms with E-state index in [0.29, 0.717) is 45.8 Å². The number of amides is 6. The third-order valence-corrected chi connectivity index (χ3v) is 14.7. The quantitative estimate of drug-likeness (QED) is 0.0542. The first-order valence-electron chi connectivity index (χ1n) is 26.0. The molecule has 5 aromatic rings. The number of benzene rings is 4. The van der Waals surface area contributed by atoms with Crippen molar-refractivity contribution in [3.05, 3.63) is 124 Å². The van der Waals surface area contributed by atoms with Gasteiger partial charge in [0.05, 0.1) is 77.1 Å². The Bertz CT molecular complexity index is 3120. The summed E-state index contributed by atoms with van der Waals surface area (Å²) in [6.45, 7) is 16.4. The first-order valence-corrected chi connectivity index (χ1v) is 26.9. The number of nitrogens with zero attached hydrogens (tertiary/aromatic N) is 6. The molecule has 21 heteroatoms. The zero-order valence-electron chi connectivity index (χ0n) is 45.3. The van der Waals surface area contributed by atoms with Gasteiger partial charge in [-0.1, -0.05) is 44.2 Å². The van der Waals surface area contributed by atoms with Gasteiger partial charge in [0, 0.05) is 42.9 Å². The maximum atomic E-state index is 14.7. The Labute approximate surface area is 461 Å². The summed E-state index contributed by atoms with van der Waals surface area (Å²) in [5.41, 5.74) is 1.83. The Morgan fingerprint density at radius 3 is 2.19 bits per heavy atom. The van der Waals surface area contributed by atoms with Crippen molar-refractivity contribution in [2.45, 2.75) is 110 Å². The van der Waals surface area contributed by atoms with Crippen molar-refractivity contribution in [1.29, 1.82) is 5.26 Å². The van der Waals surface area contributed by atoms with Gasteiger partial charge >= 0.3 is 12.2 Å². The SMILES string of the molecule is Cc1ncsc1-c1ccc(CNC(=O)C2C[C@@H](OC(C)(C)C)CN2C(=O)[C@H](C(C)C)N2Cc3ccccc3C2=O)c(OCCOCCOCCOc2ccc(N3C(=O)N(c4ccc(C#N)c(C(F)(F)F)c4)C(=O)C3(C)C)cc2)c1. The first-order chi connectivity index (χ1) is 37.5. The topological polar surface area (TPSA) is 193 Å². The number of ether oxygens (including phenoxy) is 5. The van der Waals surface area contributed by atoms with E-state index in [-0.39, 0.29) is 88.5 Å². The molecule has 0 bridgehead atoms. The number of urea groups is 1. The standard InChI is InChI=1S/C58H64F3N7O10S/c1-35(2)49(66-32-40-11-9-10-12-45(40)52(66)70)53(71)65-33-44(78-56(4,5)6)29-47(65)51(69)63-31-39-14-13-37(50-36(3)64-34-79-50)27-48(39)77-26-24-75-22-21-74-23-25-76-43-19-17-41(18-20-43)68-55(73)67(54(72)57(68,7)8)42-16-15-38(30-62)46(28-42)58(59,60)61/h9-20,27-28,34-35,44,47,49H,21-26,29,31-33H2,1-8H3,(H,63,69)/t44-,47?,49+/m1/s1. The lowest BCUT2D eigenvalue weighted by atomic mass is 10.0. The zero-order valence-corrected chi connectivity index (χ0v) is 46.2. The van der Waals surface area contributed by atoms with Crippen LogP contribution in [0.5, 0.6) is 11.5 Å². The molecule has 0 aliphatic carbocycles. The summed E-state index contributed by atoms with van der Waals surface area (Å²) >= 11 is 1.50. The fourth-order valence-electron chi connectivity index (χ4n) is 10.1. The van der Waals surface area contributed by atoms with Crippen molar-refractivity contribution in [2.24, 2.45) is 5.92 Å². The Balaban J connectivity index is 0.821.